The molecule has 0 bridgehead atoms. The van der Waals surface area contributed by atoms with Crippen molar-refractivity contribution in [2.24, 2.45) is 0 Å². The van der Waals surface area contributed by atoms with E-state index in [4.69, 9.17) is 4.74 Å². The minimum absolute atomic E-state index is 0.0638. The Morgan fingerprint density at radius 2 is 1.73 bits per heavy atom. The van der Waals surface area contributed by atoms with Crippen LogP contribution in [-0.4, -0.2) is 29.8 Å². The molecule has 2 aromatic rings. The largest absolute Gasteiger partial charge is 0.469 e. The van der Waals surface area contributed by atoms with Crippen LogP contribution < -0.4 is 0 Å². The Morgan fingerprint density at radius 3 is 2.27 bits per heavy atom. The van der Waals surface area contributed by atoms with Gasteiger partial charge < -0.3 is 4.74 Å². The van der Waals surface area contributed by atoms with Crippen molar-refractivity contribution in [3.05, 3.63) is 57.8 Å². The molecule has 0 radical (unpaired) electrons. The third kappa shape index (κ3) is 2.31. The minimum Gasteiger partial charge on any atom is -0.469 e. The second-order valence-corrected chi connectivity index (χ2v) is 5.63. The Morgan fingerprint density at radius 1 is 1.14 bits per heavy atom. The number of amides is 2. The first-order chi connectivity index (χ1) is 10.6. The van der Waals surface area contributed by atoms with Crippen LogP contribution in [0.2, 0.25) is 0 Å². The van der Waals surface area contributed by atoms with Gasteiger partial charge in [0.25, 0.3) is 11.8 Å². The number of nitrogens with zero attached hydrogens (tertiary/aromatic N) is 1. The monoisotopic (exact) mass is 315 g/mol. The van der Waals surface area contributed by atoms with Crippen LogP contribution in [0.1, 0.15) is 38.7 Å². The van der Waals surface area contributed by atoms with Crippen LogP contribution in [0.15, 0.2) is 41.1 Å². The lowest BCUT2D eigenvalue weighted by Crippen LogP contribution is -2.35. The Balaban J connectivity index is 2.00. The molecule has 1 unspecified atom stereocenters. The Kier molecular flexibility index (Phi) is 3.77. The van der Waals surface area contributed by atoms with E-state index in [0.717, 1.165) is 10.5 Å². The van der Waals surface area contributed by atoms with Gasteiger partial charge in [-0.3, -0.25) is 19.3 Å². The highest BCUT2D eigenvalue weighted by Crippen LogP contribution is 2.35. The van der Waals surface area contributed by atoms with Crippen LogP contribution in [-0.2, 0) is 9.53 Å². The van der Waals surface area contributed by atoms with Crippen molar-refractivity contribution >= 4 is 29.1 Å². The quantitative estimate of drug-likeness (QED) is 0.643. The highest BCUT2D eigenvalue weighted by molar-refractivity contribution is 7.08. The van der Waals surface area contributed by atoms with Gasteiger partial charge in [-0.25, -0.2) is 0 Å². The number of imide groups is 1. The number of carbonyl (C=O) groups excluding carboxylic acids is 3. The smallest absolute Gasteiger partial charge is 0.307 e. The average molecular weight is 315 g/mol. The average Bonchev–Trinajstić information content (AvgIpc) is 3.11. The fourth-order valence-corrected chi connectivity index (χ4v) is 3.33. The molecule has 112 valence electrons. The summed E-state index contributed by atoms with van der Waals surface area (Å²) >= 11 is 1.32. The lowest BCUT2D eigenvalue weighted by molar-refractivity contribution is -0.141. The van der Waals surface area contributed by atoms with Gasteiger partial charge in [0.2, 0.25) is 0 Å². The lowest BCUT2D eigenvalue weighted by Gasteiger charge is -2.25. The van der Waals surface area contributed by atoms with E-state index in [0.29, 0.717) is 11.1 Å². The third-order valence-corrected chi connectivity index (χ3v) is 4.39. The van der Waals surface area contributed by atoms with Gasteiger partial charge in [0.15, 0.2) is 0 Å². The summed E-state index contributed by atoms with van der Waals surface area (Å²) in [5.41, 5.74) is 1.53. The number of fused-ring (bicyclic) bond motifs is 1. The number of rotatable bonds is 4. The van der Waals surface area contributed by atoms with Crippen molar-refractivity contribution in [2.75, 3.05) is 7.11 Å². The zero-order valence-corrected chi connectivity index (χ0v) is 12.6. The van der Waals surface area contributed by atoms with Crippen LogP contribution in [0.3, 0.4) is 0 Å². The van der Waals surface area contributed by atoms with Crippen LogP contribution in [0.25, 0.3) is 0 Å². The molecule has 5 nitrogen and oxygen atoms in total. The fourth-order valence-electron chi connectivity index (χ4n) is 2.54. The minimum atomic E-state index is -0.661. The highest BCUT2D eigenvalue weighted by atomic mass is 32.1. The topological polar surface area (TPSA) is 63.7 Å². The second kappa shape index (κ2) is 5.73. The molecule has 22 heavy (non-hydrogen) atoms. The molecule has 1 aliphatic rings. The van der Waals surface area contributed by atoms with E-state index >= 15 is 0 Å². The van der Waals surface area contributed by atoms with Gasteiger partial charge in [-0.1, -0.05) is 30.3 Å². The molecule has 0 N–H and O–H groups in total. The van der Waals surface area contributed by atoms with Gasteiger partial charge in [0.1, 0.15) is 0 Å². The van der Waals surface area contributed by atoms with Crippen molar-refractivity contribution in [3.8, 4) is 0 Å². The van der Waals surface area contributed by atoms with Crippen LogP contribution >= 0.6 is 11.3 Å². The summed E-state index contributed by atoms with van der Waals surface area (Å²) in [6.45, 7) is 0. The van der Waals surface area contributed by atoms with Gasteiger partial charge in [-0.05, 0) is 5.56 Å². The van der Waals surface area contributed by atoms with Gasteiger partial charge >= 0.3 is 5.97 Å². The number of methoxy groups -OCH3 is 1. The molecular weight excluding hydrogens is 302 g/mol. The summed E-state index contributed by atoms with van der Waals surface area (Å²) < 4.78 is 4.70. The maximum absolute atomic E-state index is 12.5. The first-order valence-electron chi connectivity index (χ1n) is 6.69. The normalized spacial score (nSPS) is 14.9. The number of ether oxygens (including phenoxy) is 1. The molecular formula is C16H13NO4S. The van der Waals surface area contributed by atoms with E-state index in [9.17, 15) is 14.4 Å². The Labute approximate surface area is 131 Å². The van der Waals surface area contributed by atoms with E-state index < -0.39 is 12.0 Å². The Hall–Kier alpha value is -2.47. The second-order valence-electron chi connectivity index (χ2n) is 4.89. The fraction of sp³-hybridized carbons (Fsp3) is 0.188. The zero-order valence-electron chi connectivity index (χ0n) is 11.8. The summed E-state index contributed by atoms with van der Waals surface area (Å²) in [5.74, 6) is -1.19. The maximum atomic E-state index is 12.5. The van der Waals surface area contributed by atoms with Crippen molar-refractivity contribution < 1.29 is 19.1 Å². The summed E-state index contributed by atoms with van der Waals surface area (Å²) in [6, 6.07) is 8.37. The number of carbonyl (C=O) groups is 3. The number of hydrogen-bond donors (Lipinski definition) is 0. The summed E-state index contributed by atoms with van der Waals surface area (Å²) in [6.07, 6.45) is -0.0638. The maximum Gasteiger partial charge on any atom is 0.307 e. The van der Waals surface area contributed by atoms with E-state index in [1.54, 1.807) is 35.0 Å². The van der Waals surface area contributed by atoms with Crippen molar-refractivity contribution in [2.45, 2.75) is 12.5 Å². The van der Waals surface area contributed by atoms with Gasteiger partial charge in [-0.2, -0.15) is 11.3 Å². The molecule has 1 aromatic heterocycles. The summed E-state index contributed by atoms with van der Waals surface area (Å²) in [4.78, 5) is 37.9. The van der Waals surface area contributed by atoms with Crippen molar-refractivity contribution in [3.63, 3.8) is 0 Å². The third-order valence-electron chi connectivity index (χ3n) is 3.64. The number of thiophene rings is 1. The van der Waals surface area contributed by atoms with Crippen LogP contribution in [0.5, 0.6) is 0 Å². The first-order valence-corrected chi connectivity index (χ1v) is 7.63. The molecule has 1 atom stereocenters. The molecule has 0 spiro atoms. The molecule has 1 aliphatic heterocycles. The number of hydrogen-bond acceptors (Lipinski definition) is 5. The standard InChI is InChI=1S/C16H13NO4S/c1-21-14(18)7-13(10-5-3-2-4-6-10)17-15(19)11-8-22-9-12(11)16(17)20/h2-6,8-9,13H,7H2,1H3. The molecule has 0 saturated heterocycles. The van der Waals surface area contributed by atoms with E-state index in [1.807, 2.05) is 6.07 Å². The number of benzene rings is 1. The predicted octanol–water partition coefficient (Wildman–Crippen LogP) is 2.65. The van der Waals surface area contributed by atoms with Gasteiger partial charge in [-0.15, -0.1) is 0 Å². The van der Waals surface area contributed by atoms with E-state index in [1.165, 1.54) is 18.4 Å². The summed E-state index contributed by atoms with van der Waals surface area (Å²) in [7, 11) is 1.29. The lowest BCUT2D eigenvalue weighted by atomic mass is 10.0. The molecule has 2 heterocycles. The van der Waals surface area contributed by atoms with Gasteiger partial charge in [0, 0.05) is 10.8 Å². The highest BCUT2D eigenvalue weighted by Gasteiger charge is 2.41. The molecule has 0 aliphatic carbocycles. The zero-order chi connectivity index (χ0) is 15.7. The van der Waals surface area contributed by atoms with Crippen LogP contribution in [0.4, 0.5) is 0 Å². The first kappa shape index (κ1) is 14.5. The van der Waals surface area contributed by atoms with E-state index in [-0.39, 0.29) is 18.2 Å². The van der Waals surface area contributed by atoms with Crippen molar-refractivity contribution in [1.82, 2.24) is 4.90 Å². The van der Waals surface area contributed by atoms with Crippen LogP contribution in [0, 0.1) is 0 Å². The molecule has 0 fully saturated rings. The van der Waals surface area contributed by atoms with Gasteiger partial charge in [0.05, 0.1) is 30.7 Å². The molecule has 0 saturated carbocycles. The summed E-state index contributed by atoms with van der Waals surface area (Å²) in [5, 5.41) is 3.32. The van der Waals surface area contributed by atoms with Crippen molar-refractivity contribution in [1.29, 1.82) is 0 Å². The predicted molar refractivity (Wildman–Crippen MR) is 80.6 cm³/mol. The molecule has 3 rings (SSSR count). The molecule has 2 amide bonds. The Bertz CT molecular complexity index is 707. The van der Waals surface area contributed by atoms with E-state index in [2.05, 4.69) is 0 Å². The SMILES string of the molecule is COC(=O)CC(c1ccccc1)N1C(=O)c2cscc2C1=O. The molecule has 1 aromatic carbocycles. The number of esters is 1. The molecule has 6 heteroatoms.